The molecule has 1 atom stereocenters. The smallest absolute Gasteiger partial charge is 0.326 e. The fourth-order valence-electron chi connectivity index (χ4n) is 4.63. The average molecular weight is 495 g/mol. The Labute approximate surface area is 216 Å². The number of amides is 2. The number of nitrogens with zero attached hydrogens (tertiary/aromatic N) is 3. The summed E-state index contributed by atoms with van der Waals surface area (Å²) < 4.78 is 11.1. The second-order valence-corrected chi connectivity index (χ2v) is 8.99. The van der Waals surface area contributed by atoms with Gasteiger partial charge in [0.1, 0.15) is 5.75 Å². The van der Waals surface area contributed by atoms with Gasteiger partial charge in [-0.25, -0.2) is 4.79 Å². The summed E-state index contributed by atoms with van der Waals surface area (Å²) in [5.41, 5.74) is 6.43. The Morgan fingerprint density at radius 2 is 1.70 bits per heavy atom. The molecule has 1 unspecified atom stereocenters. The molecule has 2 heterocycles. The van der Waals surface area contributed by atoms with E-state index in [9.17, 15) is 4.79 Å². The van der Waals surface area contributed by atoms with Gasteiger partial charge in [0.15, 0.2) is 0 Å². The molecule has 0 radical (unpaired) electrons. The Bertz CT molecular complexity index is 1440. The van der Waals surface area contributed by atoms with Crippen molar-refractivity contribution >= 4 is 17.3 Å². The van der Waals surface area contributed by atoms with Crippen LogP contribution < -0.4 is 15.0 Å². The van der Waals surface area contributed by atoms with Crippen LogP contribution in [0, 0.1) is 0 Å². The number of aromatic nitrogens is 2. The first kappa shape index (κ1) is 24.3. The number of carbonyl (C=O) groups is 1. The lowest BCUT2D eigenvalue weighted by Gasteiger charge is -2.35. The summed E-state index contributed by atoms with van der Waals surface area (Å²) in [5.74, 6) is 1.58. The number of ether oxygens (including phenoxy) is 1. The number of aryl methyl sites for hydroxylation is 2. The molecule has 1 aliphatic rings. The van der Waals surface area contributed by atoms with Crippen LogP contribution in [0.15, 0.2) is 83.0 Å². The lowest BCUT2D eigenvalue weighted by molar-refractivity contribution is 0.244. The third-order valence-electron chi connectivity index (χ3n) is 6.79. The van der Waals surface area contributed by atoms with Crippen LogP contribution in [-0.4, -0.2) is 23.3 Å². The Kier molecular flexibility index (Phi) is 6.77. The van der Waals surface area contributed by atoms with Gasteiger partial charge in [-0.15, -0.1) is 0 Å². The predicted octanol–water partition coefficient (Wildman–Crippen LogP) is 6.57. The Morgan fingerprint density at radius 1 is 0.973 bits per heavy atom. The van der Waals surface area contributed by atoms with E-state index in [4.69, 9.17) is 14.2 Å². The zero-order valence-electron chi connectivity index (χ0n) is 21.5. The summed E-state index contributed by atoms with van der Waals surface area (Å²) in [7, 11) is 1.63. The zero-order valence-corrected chi connectivity index (χ0v) is 21.5. The number of carbonyl (C=O) groups excluding carboxylic acids is 1. The van der Waals surface area contributed by atoms with Gasteiger partial charge in [-0.05, 0) is 72.9 Å². The maximum atomic E-state index is 13.5. The molecule has 0 fully saturated rings. The standard InChI is InChI=1S/C30H30N4O3/c1-5-20-10-12-22(13-11-20)27-26(29-32-28(33-37-29)23-14-16-25(36-4)17-15-23)19(3)34(30(35)31-27)24-9-7-8-21(6-2)18-24/h7-18,27H,5-6H2,1-4H3,(H,31,35). The number of urea groups is 1. The fourth-order valence-corrected chi connectivity index (χ4v) is 4.63. The highest BCUT2D eigenvalue weighted by atomic mass is 16.5. The highest BCUT2D eigenvalue weighted by molar-refractivity contribution is 6.01. The molecule has 5 rings (SSSR count). The van der Waals surface area contributed by atoms with Crippen LogP contribution in [0.25, 0.3) is 17.0 Å². The van der Waals surface area contributed by atoms with Crippen molar-refractivity contribution in [2.45, 2.75) is 39.7 Å². The minimum absolute atomic E-state index is 0.200. The van der Waals surface area contributed by atoms with Crippen LogP contribution in [0.2, 0.25) is 0 Å². The van der Waals surface area contributed by atoms with Crippen LogP contribution in [0.5, 0.6) is 5.75 Å². The summed E-state index contributed by atoms with van der Waals surface area (Å²) in [6.07, 6.45) is 1.82. The molecular formula is C30H30N4O3. The van der Waals surface area contributed by atoms with Gasteiger partial charge in [0.25, 0.3) is 5.89 Å². The van der Waals surface area contributed by atoms with E-state index in [1.807, 2.05) is 61.5 Å². The molecule has 188 valence electrons. The molecule has 2 amide bonds. The van der Waals surface area contributed by atoms with Crippen molar-refractivity contribution in [1.82, 2.24) is 15.5 Å². The second kappa shape index (κ2) is 10.3. The number of hydrogen-bond donors (Lipinski definition) is 1. The van der Waals surface area contributed by atoms with Crippen molar-refractivity contribution < 1.29 is 14.1 Å². The number of allylic oxidation sites excluding steroid dienone is 1. The van der Waals surface area contributed by atoms with Gasteiger partial charge in [-0.2, -0.15) is 4.98 Å². The van der Waals surface area contributed by atoms with E-state index in [1.165, 1.54) is 5.56 Å². The van der Waals surface area contributed by atoms with Crippen LogP contribution in [0.3, 0.4) is 0 Å². The van der Waals surface area contributed by atoms with Gasteiger partial charge in [0.2, 0.25) is 5.82 Å². The molecule has 37 heavy (non-hydrogen) atoms. The molecule has 4 aromatic rings. The van der Waals surface area contributed by atoms with E-state index in [1.54, 1.807) is 12.0 Å². The molecule has 0 saturated heterocycles. The van der Waals surface area contributed by atoms with E-state index in [0.29, 0.717) is 11.7 Å². The quantitative estimate of drug-likeness (QED) is 0.314. The summed E-state index contributed by atoms with van der Waals surface area (Å²) >= 11 is 0. The van der Waals surface area contributed by atoms with E-state index in [2.05, 4.69) is 42.5 Å². The minimum Gasteiger partial charge on any atom is -0.497 e. The molecule has 0 bridgehead atoms. The lowest BCUT2D eigenvalue weighted by Crippen LogP contribution is -2.46. The van der Waals surface area contributed by atoms with E-state index in [0.717, 1.165) is 52.2 Å². The molecule has 1 aromatic heterocycles. The maximum absolute atomic E-state index is 13.5. The number of methoxy groups -OCH3 is 1. The fraction of sp³-hybridized carbons (Fsp3) is 0.233. The van der Waals surface area contributed by atoms with Gasteiger partial charge in [-0.3, -0.25) is 4.90 Å². The highest BCUT2D eigenvalue weighted by Crippen LogP contribution is 2.39. The molecule has 1 N–H and O–H groups in total. The number of anilines is 1. The average Bonchev–Trinajstić information content (AvgIpc) is 3.42. The first-order valence-corrected chi connectivity index (χ1v) is 12.5. The number of hydrogen-bond acceptors (Lipinski definition) is 5. The molecular weight excluding hydrogens is 464 g/mol. The van der Waals surface area contributed by atoms with E-state index >= 15 is 0 Å². The normalized spacial score (nSPS) is 15.6. The summed E-state index contributed by atoms with van der Waals surface area (Å²) in [5, 5.41) is 7.44. The minimum atomic E-state index is -0.437. The monoisotopic (exact) mass is 494 g/mol. The molecule has 3 aromatic carbocycles. The van der Waals surface area contributed by atoms with Crippen molar-refractivity contribution in [2.75, 3.05) is 12.0 Å². The molecule has 0 saturated carbocycles. The van der Waals surface area contributed by atoms with Crippen LogP contribution >= 0.6 is 0 Å². The number of rotatable bonds is 7. The summed E-state index contributed by atoms with van der Waals surface area (Å²) in [4.78, 5) is 19.9. The van der Waals surface area contributed by atoms with Crippen molar-refractivity contribution in [3.8, 4) is 17.1 Å². The van der Waals surface area contributed by atoms with Gasteiger partial charge in [0, 0.05) is 11.3 Å². The third-order valence-corrected chi connectivity index (χ3v) is 6.79. The summed E-state index contributed by atoms with van der Waals surface area (Å²) in [6.45, 7) is 6.14. The van der Waals surface area contributed by atoms with Gasteiger partial charge < -0.3 is 14.6 Å². The number of benzene rings is 3. The molecule has 0 spiro atoms. The Morgan fingerprint density at radius 3 is 2.38 bits per heavy atom. The predicted molar refractivity (Wildman–Crippen MR) is 144 cm³/mol. The topological polar surface area (TPSA) is 80.5 Å². The number of nitrogens with one attached hydrogen (secondary N) is 1. The van der Waals surface area contributed by atoms with Crippen LogP contribution in [0.1, 0.15) is 49.4 Å². The molecule has 7 nitrogen and oxygen atoms in total. The largest absolute Gasteiger partial charge is 0.497 e. The third kappa shape index (κ3) is 4.72. The van der Waals surface area contributed by atoms with Crippen molar-refractivity contribution in [3.05, 3.63) is 101 Å². The Balaban J connectivity index is 1.62. The Hall–Kier alpha value is -4.39. The van der Waals surface area contributed by atoms with Gasteiger partial charge in [0.05, 0.1) is 24.4 Å². The first-order valence-electron chi connectivity index (χ1n) is 12.5. The van der Waals surface area contributed by atoms with E-state index < -0.39 is 6.04 Å². The van der Waals surface area contributed by atoms with Gasteiger partial charge in [-0.1, -0.05) is 55.4 Å². The van der Waals surface area contributed by atoms with Gasteiger partial charge >= 0.3 is 6.03 Å². The maximum Gasteiger partial charge on any atom is 0.326 e. The molecule has 7 heteroatoms. The SMILES string of the molecule is CCc1ccc(C2NC(=O)N(c3cccc(CC)c3)C(C)=C2c2nc(-c3ccc(OC)cc3)no2)cc1. The first-order chi connectivity index (χ1) is 18.0. The lowest BCUT2D eigenvalue weighted by atomic mass is 9.93. The zero-order chi connectivity index (χ0) is 25.9. The van der Waals surface area contributed by atoms with Crippen LogP contribution in [-0.2, 0) is 12.8 Å². The second-order valence-electron chi connectivity index (χ2n) is 8.99. The molecule has 0 aliphatic carbocycles. The van der Waals surface area contributed by atoms with Crippen LogP contribution in [0.4, 0.5) is 10.5 Å². The van der Waals surface area contributed by atoms with Crippen molar-refractivity contribution in [2.24, 2.45) is 0 Å². The molecule has 1 aliphatic heterocycles. The highest BCUT2D eigenvalue weighted by Gasteiger charge is 2.36. The van der Waals surface area contributed by atoms with Crippen molar-refractivity contribution in [3.63, 3.8) is 0 Å². The summed E-state index contributed by atoms with van der Waals surface area (Å²) in [6, 6.07) is 23.1. The van der Waals surface area contributed by atoms with E-state index in [-0.39, 0.29) is 6.03 Å². The van der Waals surface area contributed by atoms with Crippen molar-refractivity contribution in [1.29, 1.82) is 0 Å².